The summed E-state index contributed by atoms with van der Waals surface area (Å²) in [4.78, 5) is 138. The van der Waals surface area contributed by atoms with E-state index in [1.807, 2.05) is 37.3 Å². The number of aromatic amines is 1. The number of hydrogen-bond donors (Lipinski definition) is 11. The molecule has 510 valence electrons. The molecule has 8 amide bonds. The monoisotopic (exact) mass is 1350 g/mol. The van der Waals surface area contributed by atoms with Crippen LogP contribution in [0.3, 0.4) is 0 Å². The highest BCUT2D eigenvalue weighted by Gasteiger charge is 2.54. The highest BCUT2D eigenvalue weighted by molar-refractivity contribution is 7.97. The molecule has 1 unspecified atom stereocenters. The van der Waals surface area contributed by atoms with Gasteiger partial charge < -0.3 is 72.5 Å². The third-order valence-electron chi connectivity index (χ3n) is 18.5. The number of aliphatic imine (C=N–C) groups is 1. The molecule has 1 aromatic heterocycles. The average Bonchev–Trinajstić information content (AvgIpc) is 1.50. The van der Waals surface area contributed by atoms with Crippen molar-refractivity contribution in [1.82, 2.24) is 41.4 Å². The Bertz CT molecular complexity index is 4170. The van der Waals surface area contributed by atoms with Crippen molar-refractivity contribution in [3.05, 3.63) is 185 Å². The third kappa shape index (κ3) is 15.0. The summed E-state index contributed by atoms with van der Waals surface area (Å²) in [5.74, 6) is -5.30. The van der Waals surface area contributed by atoms with Gasteiger partial charge >= 0.3 is 5.97 Å². The van der Waals surface area contributed by atoms with Gasteiger partial charge in [0.2, 0.25) is 41.4 Å². The zero-order valence-electron chi connectivity index (χ0n) is 54.2. The molecule has 24 nitrogen and oxygen atoms in total. The number of H-pyrrole nitrogens is 1. The number of thiol groups is 1. The predicted molar refractivity (Wildman–Crippen MR) is 367 cm³/mol. The Morgan fingerprint density at radius 3 is 1.99 bits per heavy atom. The minimum atomic E-state index is -1.49. The normalized spacial score (nSPS) is 17.8. The Labute approximate surface area is 571 Å². The molecule has 1 spiro atoms. The number of fused-ring (bicyclic) bond motifs is 7. The molecular weight excluding hydrogens is 1270 g/mol. The molecule has 0 aliphatic carbocycles. The zero-order chi connectivity index (χ0) is 69.4. The van der Waals surface area contributed by atoms with Crippen LogP contribution in [0.25, 0.3) is 10.9 Å². The zero-order valence-corrected chi connectivity index (χ0v) is 55.1. The molecule has 4 aliphatic heterocycles. The highest BCUT2D eigenvalue weighted by atomic mass is 32.1. The maximum atomic E-state index is 15.1. The lowest BCUT2D eigenvalue weighted by Crippen LogP contribution is -2.60. The number of carbonyl (C=O) groups excluding carboxylic acids is 9. The number of nitrogens with zero attached hydrogens (tertiary/aromatic N) is 3. The van der Waals surface area contributed by atoms with E-state index in [-0.39, 0.29) is 84.4 Å². The van der Waals surface area contributed by atoms with Gasteiger partial charge in [-0.05, 0) is 124 Å². The van der Waals surface area contributed by atoms with Crippen LogP contribution in [0.15, 0.2) is 151 Å². The van der Waals surface area contributed by atoms with E-state index in [2.05, 4.69) is 49.2 Å². The van der Waals surface area contributed by atoms with E-state index in [1.54, 1.807) is 91.1 Å². The molecule has 8 atom stereocenters. The van der Waals surface area contributed by atoms with Crippen LogP contribution in [0.4, 0.5) is 5.69 Å². The fourth-order valence-electron chi connectivity index (χ4n) is 13.4. The second-order valence-electron chi connectivity index (χ2n) is 25.3. The van der Waals surface area contributed by atoms with E-state index in [0.717, 1.165) is 17.3 Å². The van der Waals surface area contributed by atoms with Crippen molar-refractivity contribution in [2.45, 2.75) is 145 Å². The standard InChI is InChI=1S/C73H79N11O13S/c1-3-4-22-55(63(75)87)79-68(92)59-25-14-33-83(59)71(94)60-26-15-34-84(60)70(93)58(35-42-16-7-5-8-17-42)82-67(91)57(36-44-40-76-54-23-12-11-20-48(44)54)81-64(88)41(2)77-66(90)56(80-65(89)43-18-9-6-10-19-43)24-13-21-53(74)69(98)78-45-27-30-50-49(37-45)72(95)97-73(50)51-31-28-46(85)38-61(51)96-62-39-47(86)29-32-52(62)73/h5-12,16-20,23,27-32,37-41,53,55-60,76,85-86H,3-4,13-15,21-22,24-26,33-36,74H2,1-2H3,(H2,75,87)(H,77,90)(H,78,98)(H,79,92)(H,80,89)(H,81,88)(H,82,91)/t41-,53?,55-,56-,57-,58-,59-,60-/m0/s1. The lowest BCUT2D eigenvalue weighted by atomic mass is 9.77. The van der Waals surface area contributed by atoms with Crippen LogP contribution in [-0.4, -0.2) is 145 Å². The number of aromatic nitrogens is 1. The first-order valence-corrected chi connectivity index (χ1v) is 33.5. The van der Waals surface area contributed by atoms with Crippen molar-refractivity contribution in [1.29, 1.82) is 0 Å². The van der Waals surface area contributed by atoms with Crippen LogP contribution in [0, 0.1) is 0 Å². The minimum Gasteiger partial charge on any atom is -0.508 e. The van der Waals surface area contributed by atoms with Crippen molar-refractivity contribution >= 4 is 87.5 Å². The molecule has 0 bridgehead atoms. The maximum Gasteiger partial charge on any atom is 0.340 e. The van der Waals surface area contributed by atoms with Crippen LogP contribution in [0.2, 0.25) is 0 Å². The molecule has 6 aromatic carbocycles. The summed E-state index contributed by atoms with van der Waals surface area (Å²) in [7, 11) is 0. The first-order chi connectivity index (χ1) is 47.2. The quantitative estimate of drug-likeness (QED) is 0.0119. The van der Waals surface area contributed by atoms with Crippen LogP contribution >= 0.6 is 12.6 Å². The number of unbranched alkanes of at least 4 members (excludes halogenated alkanes) is 1. The van der Waals surface area contributed by atoms with Gasteiger partial charge in [-0.1, -0.05) is 92.6 Å². The number of likely N-dealkylation sites (tertiary alicyclic amines) is 2. The van der Waals surface area contributed by atoms with Gasteiger partial charge in [0.25, 0.3) is 5.91 Å². The molecule has 2 saturated heterocycles. The molecule has 0 saturated carbocycles. The van der Waals surface area contributed by atoms with Crippen molar-refractivity contribution in [2.75, 3.05) is 13.1 Å². The van der Waals surface area contributed by atoms with E-state index < -0.39 is 107 Å². The molecule has 11 rings (SSSR count). The number of nitrogens with one attached hydrogen (secondary N) is 6. The van der Waals surface area contributed by atoms with Gasteiger partial charge in [0, 0.05) is 77.4 Å². The SMILES string of the molecule is CCCC[C@H](NC(=O)[C@@H]1CCCN1C(=O)[C@@H]1CCCN1C(=O)[C@H](Cc1ccccc1)NC(=O)[C@H](Cc1c[nH]c2ccccc12)NC(=O)[C@H](C)NC(=O)[C@H](CCCC(N)C(S)=Nc1ccc2c(c1)C(=O)OC21c2ccc(O)cc2Oc2cc(O)ccc21)NC(=O)c1ccccc1)C(N)=O. The number of para-hydroxylation sites is 1. The van der Waals surface area contributed by atoms with Crippen molar-refractivity contribution in [3.8, 4) is 23.0 Å². The number of nitrogens with two attached hydrogens (primary N) is 2. The van der Waals surface area contributed by atoms with Gasteiger partial charge in [0.1, 0.15) is 65.3 Å². The summed E-state index contributed by atoms with van der Waals surface area (Å²) >= 11 is 4.67. The number of phenols is 2. The molecular formula is C73H79N11O13S. The summed E-state index contributed by atoms with van der Waals surface area (Å²) in [6.07, 6.45) is 5.55. The van der Waals surface area contributed by atoms with Crippen LogP contribution in [0.1, 0.15) is 127 Å². The third-order valence-corrected chi connectivity index (χ3v) is 19.0. The van der Waals surface area contributed by atoms with E-state index in [0.29, 0.717) is 72.0 Å². The van der Waals surface area contributed by atoms with Gasteiger partial charge in [0.15, 0.2) is 5.60 Å². The summed E-state index contributed by atoms with van der Waals surface area (Å²) in [5.41, 5.74) is 15.1. The van der Waals surface area contributed by atoms with Crippen LogP contribution in [-0.2, 0) is 56.7 Å². The molecule has 25 heteroatoms. The number of benzene rings is 6. The van der Waals surface area contributed by atoms with E-state index in [9.17, 15) is 43.8 Å². The van der Waals surface area contributed by atoms with Crippen molar-refractivity contribution < 1.29 is 62.8 Å². The second kappa shape index (κ2) is 30.3. The van der Waals surface area contributed by atoms with Gasteiger partial charge in [0.05, 0.1) is 22.3 Å². The number of esters is 1. The number of amides is 8. The Morgan fingerprint density at radius 1 is 0.673 bits per heavy atom. The second-order valence-corrected chi connectivity index (χ2v) is 25.7. The fourth-order valence-corrected chi connectivity index (χ4v) is 13.7. The number of ether oxygens (including phenoxy) is 2. The number of phenolic OH excluding ortho intramolecular Hbond substituents is 2. The Hall–Kier alpha value is -10.5. The first kappa shape index (κ1) is 68.8. The number of aromatic hydroxyl groups is 2. The predicted octanol–water partition coefficient (Wildman–Crippen LogP) is 6.51. The lowest BCUT2D eigenvalue weighted by Gasteiger charge is -2.36. The van der Waals surface area contributed by atoms with Gasteiger partial charge in [-0.25, -0.2) is 9.79 Å². The molecule has 12 N–H and O–H groups in total. The maximum absolute atomic E-state index is 15.1. The van der Waals surface area contributed by atoms with E-state index in [4.69, 9.17) is 20.9 Å². The number of rotatable bonds is 26. The number of carbonyl (C=O) groups is 9. The molecule has 2 fully saturated rings. The lowest BCUT2D eigenvalue weighted by molar-refractivity contribution is -0.148. The first-order valence-electron chi connectivity index (χ1n) is 33.0. The van der Waals surface area contributed by atoms with Crippen LogP contribution < -0.4 is 42.8 Å². The molecule has 0 radical (unpaired) electrons. The molecule has 7 aromatic rings. The Kier molecular flexibility index (Phi) is 21.3. The largest absolute Gasteiger partial charge is 0.508 e. The summed E-state index contributed by atoms with van der Waals surface area (Å²) in [6, 6.07) is 29.8. The van der Waals surface area contributed by atoms with E-state index >= 15 is 9.59 Å². The summed E-state index contributed by atoms with van der Waals surface area (Å²) < 4.78 is 12.3. The summed E-state index contributed by atoms with van der Waals surface area (Å²) in [5, 5.41) is 35.8. The average molecular weight is 1350 g/mol. The Morgan fingerprint density at radius 2 is 1.30 bits per heavy atom. The van der Waals surface area contributed by atoms with Crippen molar-refractivity contribution in [3.63, 3.8) is 0 Å². The smallest absolute Gasteiger partial charge is 0.340 e. The molecule has 4 aliphatic rings. The Balaban J connectivity index is 0.784. The number of hydrogen-bond acceptors (Lipinski definition) is 15. The fraction of sp³-hybridized carbons (Fsp3) is 0.342. The van der Waals surface area contributed by atoms with Crippen molar-refractivity contribution in [2.24, 2.45) is 16.5 Å². The molecule has 98 heavy (non-hydrogen) atoms. The highest BCUT2D eigenvalue weighted by Crippen LogP contribution is 2.57. The molecule has 5 heterocycles. The van der Waals surface area contributed by atoms with Gasteiger partial charge in [-0.2, -0.15) is 0 Å². The number of primary amides is 1. The minimum absolute atomic E-state index is 0.00588. The van der Waals surface area contributed by atoms with Gasteiger partial charge in [-0.3, -0.25) is 38.4 Å². The van der Waals surface area contributed by atoms with E-state index in [1.165, 1.54) is 41.0 Å². The van der Waals surface area contributed by atoms with Crippen LogP contribution in [0.5, 0.6) is 23.0 Å². The topological polar surface area (TPSA) is 359 Å². The summed E-state index contributed by atoms with van der Waals surface area (Å²) in [6.45, 7) is 3.83. The van der Waals surface area contributed by atoms with Gasteiger partial charge in [-0.15, -0.1) is 12.6 Å².